The fourth-order valence-electron chi connectivity index (χ4n) is 4.69. The second-order valence-corrected chi connectivity index (χ2v) is 8.37. The van der Waals surface area contributed by atoms with Crippen molar-refractivity contribution in [3.05, 3.63) is 53.3 Å². The van der Waals surface area contributed by atoms with Gasteiger partial charge in [0, 0.05) is 42.0 Å². The van der Waals surface area contributed by atoms with Crippen LogP contribution in [-0.2, 0) is 11.2 Å². The second kappa shape index (κ2) is 8.43. The van der Waals surface area contributed by atoms with Crippen molar-refractivity contribution in [2.75, 3.05) is 6.54 Å². The standard InChI is InChI=1S/C23H27ClN2O/c24-22-15-19(20-5-2-12-25-16-20)11-10-18(22)9-8-17-4-1-6-21(14-17)26-13-3-7-23(26)27/h2,5,10-12,15-17,21H,1,3-4,6-9,13-14H2. The Morgan fingerprint density at radius 2 is 2.07 bits per heavy atom. The monoisotopic (exact) mass is 382 g/mol. The normalized spacial score (nSPS) is 23.0. The molecule has 2 aliphatic rings. The highest BCUT2D eigenvalue weighted by Gasteiger charge is 2.31. The van der Waals surface area contributed by atoms with Crippen molar-refractivity contribution < 1.29 is 4.79 Å². The summed E-state index contributed by atoms with van der Waals surface area (Å²) in [5.41, 5.74) is 3.43. The average molecular weight is 383 g/mol. The van der Waals surface area contributed by atoms with E-state index in [0.717, 1.165) is 54.8 Å². The summed E-state index contributed by atoms with van der Waals surface area (Å²) in [4.78, 5) is 18.4. The van der Waals surface area contributed by atoms with E-state index in [-0.39, 0.29) is 0 Å². The molecular formula is C23H27ClN2O. The van der Waals surface area contributed by atoms with E-state index in [1.54, 1.807) is 6.20 Å². The summed E-state index contributed by atoms with van der Waals surface area (Å²) in [6, 6.07) is 10.8. The van der Waals surface area contributed by atoms with Crippen molar-refractivity contribution in [1.82, 2.24) is 9.88 Å². The summed E-state index contributed by atoms with van der Waals surface area (Å²) in [6.45, 7) is 0.970. The lowest BCUT2D eigenvalue weighted by atomic mass is 9.81. The van der Waals surface area contributed by atoms with E-state index in [2.05, 4.69) is 34.1 Å². The first-order valence-corrected chi connectivity index (χ1v) is 10.6. The van der Waals surface area contributed by atoms with E-state index < -0.39 is 0 Å². The molecule has 0 N–H and O–H groups in total. The summed E-state index contributed by atoms with van der Waals surface area (Å²) in [6.07, 6.45) is 12.5. The van der Waals surface area contributed by atoms with Crippen LogP contribution in [0.15, 0.2) is 42.7 Å². The molecule has 4 rings (SSSR count). The van der Waals surface area contributed by atoms with Gasteiger partial charge in [0.05, 0.1) is 0 Å². The fraction of sp³-hybridized carbons (Fsp3) is 0.478. The van der Waals surface area contributed by atoms with Crippen LogP contribution in [0.1, 0.15) is 50.5 Å². The lowest BCUT2D eigenvalue weighted by molar-refractivity contribution is -0.130. The SMILES string of the molecule is O=C1CCCN1C1CCCC(CCc2ccc(-c3cccnc3)cc2Cl)C1. The Kier molecular flexibility index (Phi) is 5.77. The van der Waals surface area contributed by atoms with Gasteiger partial charge in [-0.3, -0.25) is 9.78 Å². The molecule has 3 nitrogen and oxygen atoms in total. The highest BCUT2D eigenvalue weighted by atomic mass is 35.5. The van der Waals surface area contributed by atoms with Crippen LogP contribution in [0.25, 0.3) is 11.1 Å². The Labute approximate surface area is 166 Å². The van der Waals surface area contributed by atoms with Crippen LogP contribution in [0, 0.1) is 5.92 Å². The Morgan fingerprint density at radius 1 is 1.15 bits per heavy atom. The molecular weight excluding hydrogens is 356 g/mol. The van der Waals surface area contributed by atoms with Crippen molar-refractivity contribution in [1.29, 1.82) is 0 Å². The van der Waals surface area contributed by atoms with Gasteiger partial charge in [-0.05, 0) is 61.3 Å². The quantitative estimate of drug-likeness (QED) is 0.682. The van der Waals surface area contributed by atoms with Crippen molar-refractivity contribution in [2.45, 2.75) is 57.4 Å². The number of aromatic nitrogens is 1. The molecule has 1 aromatic heterocycles. The van der Waals surface area contributed by atoms with E-state index in [4.69, 9.17) is 11.6 Å². The number of hydrogen-bond donors (Lipinski definition) is 0. The Hall–Kier alpha value is -1.87. The first-order chi connectivity index (χ1) is 13.2. The highest BCUT2D eigenvalue weighted by molar-refractivity contribution is 6.31. The third-order valence-electron chi connectivity index (χ3n) is 6.18. The van der Waals surface area contributed by atoms with Gasteiger partial charge in [0.2, 0.25) is 5.91 Å². The summed E-state index contributed by atoms with van der Waals surface area (Å²) in [5, 5.41) is 0.846. The van der Waals surface area contributed by atoms with Gasteiger partial charge in [0.15, 0.2) is 0 Å². The topological polar surface area (TPSA) is 33.2 Å². The first-order valence-electron chi connectivity index (χ1n) is 10.2. The number of halogens is 1. The summed E-state index contributed by atoms with van der Waals surface area (Å²) in [7, 11) is 0. The molecule has 2 heterocycles. The van der Waals surface area contributed by atoms with Crippen molar-refractivity contribution in [2.24, 2.45) is 5.92 Å². The number of likely N-dealkylation sites (tertiary alicyclic amines) is 1. The molecule has 1 aliphatic carbocycles. The molecule has 27 heavy (non-hydrogen) atoms. The van der Waals surface area contributed by atoms with E-state index in [1.165, 1.54) is 24.8 Å². The molecule has 0 bridgehead atoms. The molecule has 1 saturated carbocycles. The molecule has 2 atom stereocenters. The molecule has 2 unspecified atom stereocenters. The molecule has 0 spiro atoms. The van der Waals surface area contributed by atoms with Crippen LogP contribution in [0.5, 0.6) is 0 Å². The molecule has 2 fully saturated rings. The minimum atomic E-state index is 0.370. The van der Waals surface area contributed by atoms with Gasteiger partial charge in [-0.2, -0.15) is 0 Å². The number of aryl methyl sites for hydroxylation is 1. The Bertz CT molecular complexity index is 792. The largest absolute Gasteiger partial charge is 0.340 e. The number of rotatable bonds is 5. The molecule has 1 aliphatic heterocycles. The number of carbonyl (C=O) groups is 1. The van der Waals surface area contributed by atoms with E-state index in [9.17, 15) is 4.79 Å². The fourth-order valence-corrected chi connectivity index (χ4v) is 4.96. The number of pyridine rings is 1. The lowest BCUT2D eigenvalue weighted by Crippen LogP contribution is -2.39. The van der Waals surface area contributed by atoms with Crippen molar-refractivity contribution in [3.63, 3.8) is 0 Å². The highest BCUT2D eigenvalue weighted by Crippen LogP contribution is 2.34. The lowest BCUT2D eigenvalue weighted by Gasteiger charge is -2.35. The zero-order chi connectivity index (χ0) is 18.6. The van der Waals surface area contributed by atoms with E-state index in [0.29, 0.717) is 17.9 Å². The molecule has 0 radical (unpaired) electrons. The number of hydrogen-bond acceptors (Lipinski definition) is 2. The van der Waals surface area contributed by atoms with E-state index >= 15 is 0 Å². The molecule has 1 amide bonds. The summed E-state index contributed by atoms with van der Waals surface area (Å²) in [5.74, 6) is 1.07. The zero-order valence-electron chi connectivity index (χ0n) is 15.7. The first kappa shape index (κ1) is 18.5. The minimum Gasteiger partial charge on any atom is -0.340 e. The predicted molar refractivity (Wildman–Crippen MR) is 110 cm³/mol. The third-order valence-corrected chi connectivity index (χ3v) is 6.53. The molecule has 1 aromatic carbocycles. The molecule has 2 aromatic rings. The van der Waals surface area contributed by atoms with Crippen LogP contribution >= 0.6 is 11.6 Å². The van der Waals surface area contributed by atoms with Crippen LogP contribution in [0.2, 0.25) is 5.02 Å². The van der Waals surface area contributed by atoms with Crippen LogP contribution in [0.3, 0.4) is 0 Å². The number of nitrogens with zero attached hydrogens (tertiary/aromatic N) is 2. The van der Waals surface area contributed by atoms with Gasteiger partial charge in [0.1, 0.15) is 0 Å². The number of carbonyl (C=O) groups excluding carboxylic acids is 1. The Balaban J connectivity index is 1.36. The molecule has 142 valence electrons. The average Bonchev–Trinajstić information content (AvgIpc) is 3.14. The molecule has 1 saturated heterocycles. The maximum absolute atomic E-state index is 12.1. The van der Waals surface area contributed by atoms with Gasteiger partial charge in [0.25, 0.3) is 0 Å². The second-order valence-electron chi connectivity index (χ2n) is 7.96. The summed E-state index contributed by atoms with van der Waals surface area (Å²) >= 11 is 6.58. The predicted octanol–water partition coefficient (Wildman–Crippen LogP) is 5.52. The maximum atomic E-state index is 12.1. The van der Waals surface area contributed by atoms with Crippen LogP contribution in [0.4, 0.5) is 0 Å². The molecule has 4 heteroatoms. The Morgan fingerprint density at radius 3 is 2.81 bits per heavy atom. The number of benzene rings is 1. The van der Waals surface area contributed by atoms with Crippen molar-refractivity contribution >= 4 is 17.5 Å². The van der Waals surface area contributed by atoms with Gasteiger partial charge in [-0.25, -0.2) is 0 Å². The van der Waals surface area contributed by atoms with Gasteiger partial charge in [-0.1, -0.05) is 42.6 Å². The smallest absolute Gasteiger partial charge is 0.222 e. The zero-order valence-corrected chi connectivity index (χ0v) is 16.5. The maximum Gasteiger partial charge on any atom is 0.222 e. The van der Waals surface area contributed by atoms with Gasteiger partial charge >= 0.3 is 0 Å². The van der Waals surface area contributed by atoms with Crippen molar-refractivity contribution in [3.8, 4) is 11.1 Å². The van der Waals surface area contributed by atoms with Crippen LogP contribution in [-0.4, -0.2) is 28.4 Å². The van der Waals surface area contributed by atoms with Gasteiger partial charge in [-0.15, -0.1) is 0 Å². The third kappa shape index (κ3) is 4.35. The van der Waals surface area contributed by atoms with E-state index in [1.807, 2.05) is 12.3 Å². The number of amides is 1. The van der Waals surface area contributed by atoms with Gasteiger partial charge < -0.3 is 4.90 Å². The van der Waals surface area contributed by atoms with Crippen LogP contribution < -0.4 is 0 Å². The summed E-state index contributed by atoms with van der Waals surface area (Å²) < 4.78 is 0. The minimum absolute atomic E-state index is 0.370.